The second-order valence-corrected chi connectivity index (χ2v) is 17.7. The van der Waals surface area contributed by atoms with Gasteiger partial charge in [-0.2, -0.15) is 21.6 Å². The van der Waals surface area contributed by atoms with E-state index in [1.54, 1.807) is 31.2 Å². The largest absolute Gasteiger partial charge is 0.497 e. The van der Waals surface area contributed by atoms with Crippen LogP contribution in [0.15, 0.2) is 30.5 Å². The molecule has 2 saturated carbocycles. The number of methoxy groups -OCH3 is 1. The fraction of sp³-hybridized carbons (Fsp3) is 0.667. The van der Waals surface area contributed by atoms with Crippen molar-refractivity contribution in [1.29, 1.82) is 0 Å². The van der Waals surface area contributed by atoms with Crippen LogP contribution in [0.25, 0.3) is 10.8 Å². The number of esters is 1. The molecule has 0 radical (unpaired) electrons. The van der Waals surface area contributed by atoms with Crippen LogP contribution in [0.4, 0.5) is 13.2 Å². The Kier molecular flexibility index (Phi) is 11.9. The number of Topliss-reactive ketones (excluding diaryl/α,β-unsaturated/α-hetero) is 1. The number of carbonyl (C=O) groups is 4. The minimum atomic E-state index is -4.87. The highest BCUT2D eigenvalue weighted by Crippen LogP contribution is 2.58. The van der Waals surface area contributed by atoms with E-state index in [0.29, 0.717) is 43.2 Å². The average molecular weight is 826 g/mol. The maximum Gasteiger partial charge on any atom is 0.427 e. The van der Waals surface area contributed by atoms with E-state index in [4.69, 9.17) is 23.1 Å². The fourth-order valence-corrected chi connectivity index (χ4v) is 9.14. The highest BCUT2D eigenvalue weighted by atomic mass is 32.2. The van der Waals surface area contributed by atoms with Gasteiger partial charge in [0.1, 0.15) is 11.9 Å². The first-order valence-corrected chi connectivity index (χ1v) is 20.7. The normalized spacial score (nSPS) is 25.4. The minimum Gasteiger partial charge on any atom is -0.497 e. The number of nitrogens with one attached hydrogen (secondary N) is 1. The number of likely N-dealkylation sites (tertiary alicyclic amines) is 1. The Hall–Kier alpha value is -4.03. The Labute approximate surface area is 329 Å². The molecule has 3 heterocycles. The van der Waals surface area contributed by atoms with Crippen molar-refractivity contribution >= 4 is 44.6 Å². The molecule has 4 fully saturated rings. The lowest BCUT2D eigenvalue weighted by Crippen LogP contribution is -2.49. The molecule has 0 spiro atoms. The van der Waals surface area contributed by atoms with Gasteiger partial charge in [-0.05, 0) is 94.4 Å². The Morgan fingerprint density at radius 3 is 2.42 bits per heavy atom. The zero-order chi connectivity index (χ0) is 41.6. The lowest BCUT2D eigenvalue weighted by atomic mass is 9.82. The Morgan fingerprint density at radius 1 is 1.11 bits per heavy atom. The van der Waals surface area contributed by atoms with Gasteiger partial charge in [0.25, 0.3) is 0 Å². The van der Waals surface area contributed by atoms with Gasteiger partial charge in [0.15, 0.2) is 5.78 Å². The number of hydrogen-bond acceptors (Lipinski definition) is 12. The summed E-state index contributed by atoms with van der Waals surface area (Å²) in [5.41, 5.74) is -5.11. The van der Waals surface area contributed by atoms with Crippen LogP contribution in [0.1, 0.15) is 85.5 Å². The maximum absolute atomic E-state index is 14.7. The number of hydrogen-bond donors (Lipinski definition) is 1. The Bertz CT molecular complexity index is 1980. The van der Waals surface area contributed by atoms with Gasteiger partial charge in [-0.15, -0.1) is 0 Å². The number of halogens is 3. The number of rotatable bonds is 16. The summed E-state index contributed by atoms with van der Waals surface area (Å²) >= 11 is 0. The molecule has 2 saturated heterocycles. The van der Waals surface area contributed by atoms with Gasteiger partial charge >= 0.3 is 22.4 Å². The van der Waals surface area contributed by atoms with E-state index in [0.717, 1.165) is 19.2 Å². The lowest BCUT2D eigenvalue weighted by molar-refractivity contribution is -0.257. The van der Waals surface area contributed by atoms with Gasteiger partial charge < -0.3 is 23.8 Å². The van der Waals surface area contributed by atoms with E-state index >= 15 is 0 Å². The number of pyridine rings is 1. The summed E-state index contributed by atoms with van der Waals surface area (Å²) in [6.07, 6.45) is -2.90. The highest BCUT2D eigenvalue weighted by Gasteiger charge is 2.62. The Balaban J connectivity index is 1.29. The van der Waals surface area contributed by atoms with Crippen LogP contribution in [-0.4, -0.2) is 98.3 Å². The third kappa shape index (κ3) is 9.48. The number of aromatic nitrogens is 1. The molecule has 6 rings (SSSR count). The van der Waals surface area contributed by atoms with Crippen LogP contribution in [0.2, 0.25) is 0 Å². The summed E-state index contributed by atoms with van der Waals surface area (Å²) in [6, 6.07) is 5.85. The molecule has 2 aliphatic carbocycles. The average Bonchev–Trinajstić information content (AvgIpc) is 4.01. The van der Waals surface area contributed by atoms with Crippen molar-refractivity contribution in [2.75, 3.05) is 26.9 Å². The van der Waals surface area contributed by atoms with Crippen LogP contribution < -0.4 is 14.2 Å². The van der Waals surface area contributed by atoms with E-state index in [1.165, 1.54) is 18.2 Å². The molecule has 1 aromatic heterocycles. The molecule has 314 valence electrons. The van der Waals surface area contributed by atoms with Gasteiger partial charge in [0, 0.05) is 37.6 Å². The number of carbonyl (C=O) groups excluding carboxylic acids is 4. The van der Waals surface area contributed by atoms with E-state index in [2.05, 4.69) is 4.98 Å². The molecular formula is C39H50F3N3O11S. The van der Waals surface area contributed by atoms with Gasteiger partial charge in [-0.1, -0.05) is 13.3 Å². The first kappa shape index (κ1) is 42.6. The number of ketones is 1. The van der Waals surface area contributed by atoms with Crippen LogP contribution in [0, 0.1) is 23.2 Å². The Morgan fingerprint density at radius 2 is 1.81 bits per heavy atom. The predicted molar refractivity (Wildman–Crippen MR) is 197 cm³/mol. The monoisotopic (exact) mass is 825 g/mol. The third-order valence-corrected chi connectivity index (χ3v) is 12.9. The van der Waals surface area contributed by atoms with E-state index in [9.17, 15) is 40.8 Å². The third-order valence-electron chi connectivity index (χ3n) is 11.9. The standard InChI is InChI=1S/C39H50F3N3O11S/c1-6-25-20-38(25,35(49)44-57(50,51)56-37(4)12-13-37)21-31(46)30-18-27(54-33-28-8-7-26(52-5)17-24(28)9-14-43-33)22-45(30)34(48)29(23-10-15-53-16-11-23)19-32(47)55-36(2,3)39(40,41)42/h7-9,14,17,23,25,27,29-30H,6,10-13,15-16,18-22H2,1-5H3,(H,44,49)/t25-,27?,29+,30+,38-/m1/s1. The molecule has 1 unspecified atom stereocenters. The fourth-order valence-electron chi connectivity index (χ4n) is 7.97. The van der Waals surface area contributed by atoms with Gasteiger partial charge in [0.2, 0.25) is 23.3 Å². The van der Waals surface area contributed by atoms with Crippen molar-refractivity contribution in [1.82, 2.24) is 14.6 Å². The predicted octanol–water partition coefficient (Wildman–Crippen LogP) is 5.21. The van der Waals surface area contributed by atoms with Crippen LogP contribution in [-0.2, 0) is 43.1 Å². The summed E-state index contributed by atoms with van der Waals surface area (Å²) in [5, 5.41) is 1.38. The quantitative estimate of drug-likeness (QED) is 0.219. The summed E-state index contributed by atoms with van der Waals surface area (Å²) in [6.45, 7) is 5.24. The van der Waals surface area contributed by atoms with Gasteiger partial charge in [-0.3, -0.25) is 19.2 Å². The zero-order valence-corrected chi connectivity index (χ0v) is 33.5. The van der Waals surface area contributed by atoms with Crippen molar-refractivity contribution in [2.24, 2.45) is 23.2 Å². The van der Waals surface area contributed by atoms with Crippen molar-refractivity contribution < 1.29 is 63.9 Å². The zero-order valence-electron chi connectivity index (χ0n) is 32.7. The van der Waals surface area contributed by atoms with E-state index in [-0.39, 0.29) is 44.4 Å². The smallest absolute Gasteiger partial charge is 0.427 e. The van der Waals surface area contributed by atoms with Crippen LogP contribution in [0.5, 0.6) is 11.6 Å². The first-order chi connectivity index (χ1) is 26.7. The van der Waals surface area contributed by atoms with Crippen LogP contribution >= 0.6 is 0 Å². The molecule has 1 N–H and O–H groups in total. The summed E-state index contributed by atoms with van der Waals surface area (Å²) in [5.74, 6) is -4.45. The molecule has 5 atom stereocenters. The molecule has 14 nitrogen and oxygen atoms in total. The topological polar surface area (TPSA) is 177 Å². The molecule has 0 bridgehead atoms. The maximum atomic E-state index is 14.7. The van der Waals surface area contributed by atoms with Crippen molar-refractivity contribution in [3.05, 3.63) is 30.5 Å². The SMILES string of the molecule is CC[C@@H]1C[C@]1(CC(=O)[C@@H]1CC(Oc2nccc3cc(OC)ccc23)CN1C(=O)[C@@H](CC(=O)OC(C)(C)C(F)(F)F)C1CCOCC1)C(=O)NS(=O)(=O)OC1(C)CC1. The molecule has 4 aliphatic rings. The lowest BCUT2D eigenvalue weighted by Gasteiger charge is -2.35. The molecule has 2 aromatic rings. The number of alkyl halides is 3. The van der Waals surface area contributed by atoms with Crippen molar-refractivity contribution in [2.45, 2.75) is 115 Å². The second kappa shape index (κ2) is 16.0. The van der Waals surface area contributed by atoms with Gasteiger partial charge in [-0.25, -0.2) is 13.9 Å². The number of fused-ring (bicyclic) bond motifs is 1. The number of amides is 2. The minimum absolute atomic E-state index is 0.0426. The second-order valence-electron chi connectivity index (χ2n) is 16.5. The molecule has 18 heteroatoms. The van der Waals surface area contributed by atoms with E-state index in [1.807, 2.05) is 11.6 Å². The molecular weight excluding hydrogens is 776 g/mol. The summed E-state index contributed by atoms with van der Waals surface area (Å²) in [4.78, 5) is 61.8. The van der Waals surface area contributed by atoms with Gasteiger partial charge in [0.05, 0.1) is 43.1 Å². The number of ether oxygens (including phenoxy) is 4. The summed E-state index contributed by atoms with van der Waals surface area (Å²) in [7, 11) is -2.96. The number of benzene rings is 1. The van der Waals surface area contributed by atoms with Crippen LogP contribution in [0.3, 0.4) is 0 Å². The molecule has 2 amide bonds. The first-order valence-electron chi connectivity index (χ1n) is 19.3. The van der Waals surface area contributed by atoms with E-state index < -0.39 is 93.5 Å². The number of nitrogens with zero attached hydrogens (tertiary/aromatic N) is 2. The molecule has 2 aliphatic heterocycles. The summed E-state index contributed by atoms with van der Waals surface area (Å²) < 4.78 is 96.0. The molecule has 57 heavy (non-hydrogen) atoms. The highest BCUT2D eigenvalue weighted by molar-refractivity contribution is 7.85. The molecule has 1 aromatic carbocycles. The van der Waals surface area contributed by atoms with Crippen molar-refractivity contribution in [3.63, 3.8) is 0 Å². The van der Waals surface area contributed by atoms with Crippen molar-refractivity contribution in [3.8, 4) is 11.6 Å².